The number of urea groups is 1. The molecule has 1 fully saturated rings. The van der Waals surface area contributed by atoms with E-state index in [9.17, 15) is 14.4 Å². The number of nitrogens with zero attached hydrogens (tertiary/aromatic N) is 1. The molecule has 3 N–H and O–H groups in total. The van der Waals surface area contributed by atoms with Crippen LogP contribution >= 0.6 is 0 Å². The lowest BCUT2D eigenvalue weighted by atomic mass is 10.1. The number of rotatable bonds is 7. The number of carboxylic acids is 1. The van der Waals surface area contributed by atoms with Gasteiger partial charge in [-0.1, -0.05) is 33.1 Å². The van der Waals surface area contributed by atoms with Gasteiger partial charge in [0.25, 0.3) is 0 Å². The molecule has 1 heterocycles. The van der Waals surface area contributed by atoms with Crippen LogP contribution in [-0.2, 0) is 9.59 Å². The first-order valence-corrected chi connectivity index (χ1v) is 7.56. The van der Waals surface area contributed by atoms with Crippen LogP contribution in [0.25, 0.3) is 0 Å². The van der Waals surface area contributed by atoms with Gasteiger partial charge in [0.2, 0.25) is 5.91 Å². The lowest BCUT2D eigenvalue weighted by Gasteiger charge is -2.34. The van der Waals surface area contributed by atoms with Crippen molar-refractivity contribution >= 4 is 17.9 Å². The summed E-state index contributed by atoms with van der Waals surface area (Å²) < 4.78 is 0. The zero-order chi connectivity index (χ0) is 15.8. The minimum absolute atomic E-state index is 0.0295. The first-order valence-electron chi connectivity index (χ1n) is 7.56. The summed E-state index contributed by atoms with van der Waals surface area (Å²) in [5.41, 5.74) is 0. The molecule has 7 heteroatoms. The quantitative estimate of drug-likeness (QED) is 0.651. The summed E-state index contributed by atoms with van der Waals surface area (Å²) in [6.45, 7) is 3.87. The van der Waals surface area contributed by atoms with Crippen LogP contribution < -0.4 is 10.6 Å². The minimum Gasteiger partial charge on any atom is -0.480 e. The van der Waals surface area contributed by atoms with Gasteiger partial charge in [0, 0.05) is 12.6 Å². The largest absolute Gasteiger partial charge is 0.480 e. The van der Waals surface area contributed by atoms with Crippen LogP contribution in [0.3, 0.4) is 0 Å². The minimum atomic E-state index is -1.11. The molecule has 2 atom stereocenters. The van der Waals surface area contributed by atoms with Crippen molar-refractivity contribution in [1.82, 2.24) is 15.5 Å². The number of aliphatic carboxylic acids is 1. The van der Waals surface area contributed by atoms with E-state index in [0.29, 0.717) is 0 Å². The highest BCUT2D eigenvalue weighted by molar-refractivity contribution is 5.90. The fourth-order valence-corrected chi connectivity index (χ4v) is 2.42. The number of carbonyl (C=O) groups excluding carboxylic acids is 2. The van der Waals surface area contributed by atoms with E-state index < -0.39 is 18.0 Å². The molecule has 1 saturated heterocycles. The zero-order valence-electron chi connectivity index (χ0n) is 12.7. The number of piperazine rings is 1. The smallest absolute Gasteiger partial charge is 0.328 e. The summed E-state index contributed by atoms with van der Waals surface area (Å²) in [5, 5.41) is 14.5. The highest BCUT2D eigenvalue weighted by atomic mass is 16.4. The normalized spacial score (nSPS) is 19.8. The van der Waals surface area contributed by atoms with Gasteiger partial charge in [0.1, 0.15) is 12.6 Å². The maximum absolute atomic E-state index is 12.3. The van der Waals surface area contributed by atoms with E-state index in [1.807, 2.05) is 6.92 Å². The van der Waals surface area contributed by atoms with Gasteiger partial charge >= 0.3 is 12.0 Å². The highest BCUT2D eigenvalue weighted by Crippen LogP contribution is 2.10. The predicted molar refractivity (Wildman–Crippen MR) is 77.9 cm³/mol. The number of carbonyl (C=O) groups is 3. The molecule has 0 radical (unpaired) electrons. The number of hydrogen-bond donors (Lipinski definition) is 3. The van der Waals surface area contributed by atoms with Gasteiger partial charge in [-0.3, -0.25) is 9.69 Å². The SMILES string of the molecule is CCCCC(CCC)NC(=O)N1CC(=O)NCC1C(=O)O. The second kappa shape index (κ2) is 8.49. The maximum Gasteiger partial charge on any atom is 0.328 e. The van der Waals surface area contributed by atoms with Gasteiger partial charge in [-0.2, -0.15) is 0 Å². The average molecular weight is 299 g/mol. The van der Waals surface area contributed by atoms with Crippen LogP contribution in [-0.4, -0.2) is 53.1 Å². The molecule has 0 aliphatic carbocycles. The molecule has 1 rings (SSSR count). The van der Waals surface area contributed by atoms with Crippen molar-refractivity contribution in [2.24, 2.45) is 0 Å². The van der Waals surface area contributed by atoms with E-state index in [2.05, 4.69) is 17.6 Å². The van der Waals surface area contributed by atoms with E-state index in [0.717, 1.165) is 37.0 Å². The van der Waals surface area contributed by atoms with Crippen LogP contribution in [0.5, 0.6) is 0 Å². The van der Waals surface area contributed by atoms with E-state index in [1.54, 1.807) is 0 Å². The van der Waals surface area contributed by atoms with Crippen LogP contribution in [0.15, 0.2) is 0 Å². The fraction of sp³-hybridized carbons (Fsp3) is 0.786. The van der Waals surface area contributed by atoms with Crippen molar-refractivity contribution in [3.63, 3.8) is 0 Å². The van der Waals surface area contributed by atoms with E-state index in [-0.39, 0.29) is 25.0 Å². The molecule has 21 heavy (non-hydrogen) atoms. The number of carboxylic acid groups (broad SMARTS) is 1. The number of hydrogen-bond acceptors (Lipinski definition) is 3. The van der Waals surface area contributed by atoms with E-state index >= 15 is 0 Å². The molecule has 1 aliphatic heterocycles. The Hall–Kier alpha value is -1.79. The second-order valence-corrected chi connectivity index (χ2v) is 5.36. The standard InChI is InChI=1S/C14H25N3O4/c1-3-5-7-10(6-4-2)16-14(21)17-9-12(18)15-8-11(17)13(19)20/h10-11H,3-9H2,1-2H3,(H,15,18)(H,16,21)(H,19,20). The Kier molecular flexibility index (Phi) is 6.98. The molecule has 120 valence electrons. The van der Waals surface area contributed by atoms with Gasteiger partial charge in [-0.25, -0.2) is 9.59 Å². The molecular weight excluding hydrogens is 274 g/mol. The lowest BCUT2D eigenvalue weighted by molar-refractivity contribution is -0.144. The van der Waals surface area contributed by atoms with Gasteiger partial charge in [-0.05, 0) is 12.8 Å². The van der Waals surface area contributed by atoms with Gasteiger partial charge in [-0.15, -0.1) is 0 Å². The van der Waals surface area contributed by atoms with Crippen molar-refractivity contribution < 1.29 is 19.5 Å². The molecule has 0 aromatic rings. The second-order valence-electron chi connectivity index (χ2n) is 5.36. The van der Waals surface area contributed by atoms with Crippen molar-refractivity contribution in [3.8, 4) is 0 Å². The number of nitrogens with one attached hydrogen (secondary N) is 2. The summed E-state index contributed by atoms with van der Waals surface area (Å²) in [7, 11) is 0. The first-order chi connectivity index (χ1) is 9.99. The van der Waals surface area contributed by atoms with Crippen molar-refractivity contribution in [1.29, 1.82) is 0 Å². The molecule has 0 aromatic carbocycles. The molecule has 1 aliphatic rings. The Morgan fingerprint density at radius 1 is 1.38 bits per heavy atom. The molecule has 0 saturated carbocycles. The van der Waals surface area contributed by atoms with Crippen LogP contribution in [0, 0.1) is 0 Å². The van der Waals surface area contributed by atoms with Crippen molar-refractivity contribution in [2.45, 2.75) is 58.0 Å². The third kappa shape index (κ3) is 5.24. The number of unbranched alkanes of at least 4 members (excludes halogenated alkanes) is 1. The summed E-state index contributed by atoms with van der Waals surface area (Å²) in [5.74, 6) is -1.44. The molecular formula is C14H25N3O4. The fourth-order valence-electron chi connectivity index (χ4n) is 2.42. The van der Waals surface area contributed by atoms with Crippen LogP contribution in [0.1, 0.15) is 46.0 Å². The Morgan fingerprint density at radius 3 is 2.67 bits per heavy atom. The van der Waals surface area contributed by atoms with Crippen molar-refractivity contribution in [2.75, 3.05) is 13.1 Å². The maximum atomic E-state index is 12.3. The third-order valence-corrected chi connectivity index (χ3v) is 3.60. The van der Waals surface area contributed by atoms with Crippen LogP contribution in [0.2, 0.25) is 0 Å². The third-order valence-electron chi connectivity index (χ3n) is 3.60. The monoisotopic (exact) mass is 299 g/mol. The Bertz CT molecular complexity index is 386. The van der Waals surface area contributed by atoms with E-state index in [4.69, 9.17) is 5.11 Å². The summed E-state index contributed by atoms with van der Waals surface area (Å²) >= 11 is 0. The lowest BCUT2D eigenvalue weighted by Crippen LogP contribution is -2.62. The summed E-state index contributed by atoms with van der Waals surface area (Å²) in [6.07, 6.45) is 4.71. The Labute approximate surface area is 125 Å². The van der Waals surface area contributed by atoms with Gasteiger partial charge in [0.15, 0.2) is 0 Å². The first kappa shape index (κ1) is 17.3. The van der Waals surface area contributed by atoms with Gasteiger partial charge in [0.05, 0.1) is 0 Å². The Balaban J connectivity index is 2.68. The molecule has 3 amide bonds. The molecule has 7 nitrogen and oxygen atoms in total. The van der Waals surface area contributed by atoms with Crippen LogP contribution in [0.4, 0.5) is 4.79 Å². The van der Waals surface area contributed by atoms with E-state index in [1.165, 1.54) is 0 Å². The summed E-state index contributed by atoms with van der Waals surface area (Å²) in [4.78, 5) is 36.0. The highest BCUT2D eigenvalue weighted by Gasteiger charge is 2.35. The molecule has 0 aromatic heterocycles. The number of amides is 3. The van der Waals surface area contributed by atoms with Gasteiger partial charge < -0.3 is 15.7 Å². The average Bonchev–Trinajstić information content (AvgIpc) is 2.44. The molecule has 2 unspecified atom stereocenters. The predicted octanol–water partition coefficient (Wildman–Crippen LogP) is 0.940. The topological polar surface area (TPSA) is 98.7 Å². The zero-order valence-corrected chi connectivity index (χ0v) is 12.7. The summed E-state index contributed by atoms with van der Waals surface area (Å²) in [6, 6.07) is -1.44. The molecule has 0 bridgehead atoms. The molecule has 0 spiro atoms. The van der Waals surface area contributed by atoms with Crippen molar-refractivity contribution in [3.05, 3.63) is 0 Å². The Morgan fingerprint density at radius 2 is 2.10 bits per heavy atom.